The smallest absolute Gasteiger partial charge is 0.107 e. The van der Waals surface area contributed by atoms with Crippen molar-refractivity contribution in [3.05, 3.63) is 0 Å². The largest absolute Gasteiger partial charge is 0.376 e. The van der Waals surface area contributed by atoms with Crippen LogP contribution in [0.25, 0.3) is 0 Å². The summed E-state index contributed by atoms with van der Waals surface area (Å²) in [5, 5.41) is 0. The summed E-state index contributed by atoms with van der Waals surface area (Å²) >= 11 is 0. The van der Waals surface area contributed by atoms with E-state index in [1.165, 1.54) is 0 Å². The van der Waals surface area contributed by atoms with Gasteiger partial charge in [-0.15, -0.1) is 0 Å². The third-order valence-corrected chi connectivity index (χ3v) is 4.04. The Morgan fingerprint density at radius 2 is 1.41 bits per heavy atom. The van der Waals surface area contributed by atoms with Gasteiger partial charge < -0.3 is 28.4 Å². The van der Waals surface area contributed by atoms with Gasteiger partial charge in [-0.25, -0.2) is 0 Å². The lowest BCUT2D eigenvalue weighted by atomic mass is 10.1. The Hall–Kier alpha value is -0.240. The first-order valence-electron chi connectivity index (χ1n) is 8.51. The van der Waals surface area contributed by atoms with E-state index in [2.05, 4.69) is 6.92 Å². The van der Waals surface area contributed by atoms with Gasteiger partial charge in [-0.1, -0.05) is 19.8 Å². The first-order chi connectivity index (χ1) is 10.8. The van der Waals surface area contributed by atoms with E-state index in [1.807, 2.05) is 0 Å². The zero-order valence-corrected chi connectivity index (χ0v) is 13.4. The maximum absolute atomic E-state index is 6.05. The Kier molecular flexibility index (Phi) is 6.47. The van der Waals surface area contributed by atoms with Crippen LogP contribution in [0.3, 0.4) is 0 Å². The van der Waals surface area contributed by atoms with Gasteiger partial charge in [0.1, 0.15) is 24.4 Å². The van der Waals surface area contributed by atoms with Crippen molar-refractivity contribution >= 4 is 0 Å². The molecule has 3 aliphatic rings. The molecule has 3 aliphatic heterocycles. The molecule has 6 nitrogen and oxygen atoms in total. The summed E-state index contributed by atoms with van der Waals surface area (Å²) in [5.74, 6) is 0. The molecule has 6 heteroatoms. The molecule has 3 heterocycles. The number of hydrogen-bond donors (Lipinski definition) is 0. The van der Waals surface area contributed by atoms with Crippen molar-refractivity contribution in [1.29, 1.82) is 0 Å². The third kappa shape index (κ3) is 6.48. The molecule has 0 aromatic heterocycles. The van der Waals surface area contributed by atoms with Crippen LogP contribution in [0.1, 0.15) is 26.2 Å². The summed E-state index contributed by atoms with van der Waals surface area (Å²) < 4.78 is 33.5. The fraction of sp³-hybridized carbons (Fsp3) is 1.00. The highest BCUT2D eigenvalue weighted by Crippen LogP contribution is 2.19. The zero-order valence-electron chi connectivity index (χ0n) is 13.4. The van der Waals surface area contributed by atoms with Crippen molar-refractivity contribution < 1.29 is 28.4 Å². The maximum Gasteiger partial charge on any atom is 0.107 e. The molecular weight excluding hydrogens is 288 g/mol. The summed E-state index contributed by atoms with van der Waals surface area (Å²) in [6, 6.07) is 0. The van der Waals surface area contributed by atoms with E-state index in [4.69, 9.17) is 28.4 Å². The van der Waals surface area contributed by atoms with Gasteiger partial charge in [-0.05, 0) is 6.42 Å². The zero-order chi connectivity index (χ0) is 15.2. The van der Waals surface area contributed by atoms with E-state index < -0.39 is 0 Å². The Labute approximate surface area is 132 Å². The molecule has 0 saturated carbocycles. The molecule has 0 aliphatic carbocycles. The number of epoxide rings is 3. The number of ether oxygens (including phenoxy) is 6. The standard InChI is InChI=1S/C16H28O6/c1-2-3-4-15(21-9-13-7-19-13)16(22-10-14-8-20-14)11-17-5-12-6-18-12/h12-16H,2-11H2,1H3. The topological polar surface area (TPSA) is 65.3 Å². The summed E-state index contributed by atoms with van der Waals surface area (Å²) in [5.41, 5.74) is 0. The van der Waals surface area contributed by atoms with Gasteiger partial charge in [-0.3, -0.25) is 0 Å². The predicted molar refractivity (Wildman–Crippen MR) is 79.0 cm³/mol. The summed E-state index contributed by atoms with van der Waals surface area (Å²) in [6.07, 6.45) is 4.09. The molecular formula is C16H28O6. The summed E-state index contributed by atoms with van der Waals surface area (Å²) in [6.45, 7) is 7.10. The molecule has 0 amide bonds. The number of rotatable bonds is 14. The summed E-state index contributed by atoms with van der Waals surface area (Å²) in [4.78, 5) is 0. The molecule has 3 saturated heterocycles. The molecule has 0 aromatic carbocycles. The van der Waals surface area contributed by atoms with Crippen LogP contribution in [0, 0.1) is 0 Å². The number of hydrogen-bond acceptors (Lipinski definition) is 6. The predicted octanol–water partition coefficient (Wildman–Crippen LogP) is 1.16. The molecule has 128 valence electrons. The van der Waals surface area contributed by atoms with Crippen LogP contribution >= 0.6 is 0 Å². The summed E-state index contributed by atoms with van der Waals surface area (Å²) in [7, 11) is 0. The van der Waals surface area contributed by atoms with Crippen LogP contribution in [-0.2, 0) is 28.4 Å². The van der Waals surface area contributed by atoms with Gasteiger partial charge >= 0.3 is 0 Å². The molecule has 5 unspecified atom stereocenters. The normalized spacial score (nSPS) is 31.8. The average Bonchev–Trinajstić information content (AvgIpc) is 3.39. The van der Waals surface area contributed by atoms with Crippen molar-refractivity contribution in [1.82, 2.24) is 0 Å². The van der Waals surface area contributed by atoms with Crippen molar-refractivity contribution in [2.75, 3.05) is 46.2 Å². The van der Waals surface area contributed by atoms with Crippen molar-refractivity contribution in [3.63, 3.8) is 0 Å². The van der Waals surface area contributed by atoms with Gasteiger partial charge in [0.15, 0.2) is 0 Å². The minimum atomic E-state index is -0.0479. The van der Waals surface area contributed by atoms with E-state index in [0.29, 0.717) is 26.4 Å². The lowest BCUT2D eigenvalue weighted by Crippen LogP contribution is -2.38. The van der Waals surface area contributed by atoms with Crippen LogP contribution in [0.5, 0.6) is 0 Å². The van der Waals surface area contributed by atoms with E-state index in [1.54, 1.807) is 0 Å². The Bertz CT molecular complexity index is 314. The van der Waals surface area contributed by atoms with Crippen LogP contribution < -0.4 is 0 Å². The highest BCUT2D eigenvalue weighted by molar-refractivity contribution is 4.77. The van der Waals surface area contributed by atoms with Gasteiger partial charge in [0.25, 0.3) is 0 Å². The maximum atomic E-state index is 6.05. The molecule has 0 N–H and O–H groups in total. The third-order valence-electron chi connectivity index (χ3n) is 4.04. The molecule has 0 radical (unpaired) electrons. The molecule has 5 atom stereocenters. The van der Waals surface area contributed by atoms with Crippen LogP contribution in [0.2, 0.25) is 0 Å². The lowest BCUT2D eigenvalue weighted by Gasteiger charge is -2.27. The first-order valence-corrected chi connectivity index (χ1v) is 8.51. The minimum absolute atomic E-state index is 0.0479. The Morgan fingerprint density at radius 1 is 0.864 bits per heavy atom. The lowest BCUT2D eigenvalue weighted by molar-refractivity contribution is -0.112. The second-order valence-electron chi connectivity index (χ2n) is 6.29. The van der Waals surface area contributed by atoms with Gasteiger partial charge in [-0.2, -0.15) is 0 Å². The average molecular weight is 316 g/mol. The quantitative estimate of drug-likeness (QED) is 0.448. The second-order valence-corrected chi connectivity index (χ2v) is 6.29. The molecule has 0 bridgehead atoms. The highest BCUT2D eigenvalue weighted by Gasteiger charge is 2.31. The minimum Gasteiger partial charge on any atom is -0.376 e. The van der Waals surface area contributed by atoms with E-state index in [9.17, 15) is 0 Å². The van der Waals surface area contributed by atoms with Gasteiger partial charge in [0.2, 0.25) is 0 Å². The monoisotopic (exact) mass is 316 g/mol. The van der Waals surface area contributed by atoms with E-state index in [-0.39, 0.29) is 30.5 Å². The fourth-order valence-corrected chi connectivity index (χ4v) is 2.31. The van der Waals surface area contributed by atoms with Crippen molar-refractivity contribution in [2.24, 2.45) is 0 Å². The Balaban J connectivity index is 1.45. The molecule has 22 heavy (non-hydrogen) atoms. The van der Waals surface area contributed by atoms with E-state index >= 15 is 0 Å². The van der Waals surface area contributed by atoms with Crippen molar-refractivity contribution in [3.8, 4) is 0 Å². The molecule has 3 rings (SSSR count). The first kappa shape index (κ1) is 16.6. The van der Waals surface area contributed by atoms with Crippen molar-refractivity contribution in [2.45, 2.75) is 56.7 Å². The SMILES string of the molecule is CCCCC(OCC1CO1)C(COCC1CO1)OCC1CO1. The van der Waals surface area contributed by atoms with Crippen LogP contribution in [-0.4, -0.2) is 76.8 Å². The van der Waals surface area contributed by atoms with Crippen LogP contribution in [0.15, 0.2) is 0 Å². The van der Waals surface area contributed by atoms with Gasteiger partial charge in [0.05, 0.1) is 52.4 Å². The molecule has 0 spiro atoms. The Morgan fingerprint density at radius 3 is 1.95 bits per heavy atom. The molecule has 3 fully saturated rings. The van der Waals surface area contributed by atoms with Crippen LogP contribution in [0.4, 0.5) is 0 Å². The number of unbranched alkanes of at least 4 members (excludes halogenated alkanes) is 1. The fourth-order valence-electron chi connectivity index (χ4n) is 2.31. The molecule has 0 aromatic rings. The van der Waals surface area contributed by atoms with E-state index in [0.717, 1.165) is 39.1 Å². The van der Waals surface area contributed by atoms with Gasteiger partial charge in [0, 0.05) is 0 Å². The highest BCUT2D eigenvalue weighted by atomic mass is 16.6. The second kappa shape index (κ2) is 8.57.